The fourth-order valence-corrected chi connectivity index (χ4v) is 2.34. The second kappa shape index (κ2) is 7.00. The lowest BCUT2D eigenvalue weighted by atomic mass is 10.6. The van der Waals surface area contributed by atoms with Crippen LogP contribution in [0.1, 0.15) is 0 Å². The summed E-state index contributed by atoms with van der Waals surface area (Å²) in [6.45, 7) is 4.05. The van der Waals surface area contributed by atoms with E-state index in [0.29, 0.717) is 0 Å². The lowest BCUT2D eigenvalue weighted by Gasteiger charge is -2.09. The first-order valence-electron chi connectivity index (χ1n) is 4.90. The third-order valence-corrected chi connectivity index (χ3v) is 3.49. The third kappa shape index (κ3) is 4.34. The van der Waals surface area contributed by atoms with Crippen LogP contribution in [0.3, 0.4) is 0 Å². The van der Waals surface area contributed by atoms with Gasteiger partial charge >= 0.3 is 0 Å². The second-order valence-corrected chi connectivity index (χ2v) is 4.68. The summed E-state index contributed by atoms with van der Waals surface area (Å²) in [6, 6.07) is 0. The molecule has 2 aliphatic rings. The molecule has 4 nitrogen and oxygen atoms in total. The van der Waals surface area contributed by atoms with Gasteiger partial charge in [-0.15, -0.1) is 0 Å². The molecule has 2 heterocycles. The number of likely N-dealkylation sites (N-methyl/N-ethyl adjacent to an activating group) is 1. The van der Waals surface area contributed by atoms with Gasteiger partial charge in [0.25, 0.3) is 0 Å². The molecule has 86 valence electrons. The van der Waals surface area contributed by atoms with Gasteiger partial charge in [0, 0.05) is 20.1 Å². The summed E-state index contributed by atoms with van der Waals surface area (Å²) in [5.74, 6) is 0. The van der Waals surface area contributed by atoms with E-state index in [1.54, 1.807) is 23.5 Å². The quantitative estimate of drug-likeness (QED) is 0.691. The van der Waals surface area contributed by atoms with Crippen LogP contribution >= 0.6 is 23.5 Å². The summed E-state index contributed by atoms with van der Waals surface area (Å²) in [5, 5.41) is 5.37. The molecule has 1 N–H and O–H groups in total. The van der Waals surface area contributed by atoms with Gasteiger partial charge in [0.2, 0.25) is 0 Å². The van der Waals surface area contributed by atoms with Crippen LogP contribution in [0.15, 0.2) is 9.98 Å². The molecule has 2 rings (SSSR count). The van der Waals surface area contributed by atoms with Crippen LogP contribution < -0.4 is 5.32 Å². The van der Waals surface area contributed by atoms with Crippen LogP contribution in [-0.4, -0.2) is 61.0 Å². The van der Waals surface area contributed by atoms with E-state index in [9.17, 15) is 0 Å². The highest BCUT2D eigenvalue weighted by Gasteiger charge is 2.08. The molecule has 0 radical (unpaired) electrons. The topological polar surface area (TPSA) is 40.0 Å². The summed E-state index contributed by atoms with van der Waals surface area (Å²) >= 11 is 3.39. The molecule has 6 heteroatoms. The van der Waals surface area contributed by atoms with E-state index in [0.717, 1.165) is 31.3 Å². The summed E-state index contributed by atoms with van der Waals surface area (Å²) in [5.41, 5.74) is 0. The standard InChI is InChI=1S/C5H10N2S.C4H8N2S/c1-7-4-3-6-5(7)8-2;1-7-4-5-2-3-6-4/h3-4H2,1-2H3;2-3H2,1H3,(H,5,6). The zero-order valence-electron chi connectivity index (χ0n) is 9.49. The molecule has 0 unspecified atom stereocenters. The number of rotatable bonds is 0. The van der Waals surface area contributed by atoms with Crippen LogP contribution in [0.2, 0.25) is 0 Å². The Hall–Kier alpha value is -0.360. The maximum Gasteiger partial charge on any atom is 0.158 e. The largest absolute Gasteiger partial charge is 0.363 e. The van der Waals surface area contributed by atoms with Crippen LogP contribution in [0.25, 0.3) is 0 Å². The predicted molar refractivity (Wildman–Crippen MR) is 72.3 cm³/mol. The molecule has 0 bridgehead atoms. The van der Waals surface area contributed by atoms with Crippen LogP contribution in [0, 0.1) is 0 Å². The van der Waals surface area contributed by atoms with Gasteiger partial charge in [0.15, 0.2) is 10.3 Å². The van der Waals surface area contributed by atoms with Crippen molar-refractivity contribution in [2.75, 3.05) is 45.7 Å². The maximum atomic E-state index is 4.24. The fourth-order valence-electron chi connectivity index (χ4n) is 1.25. The molecule has 0 aliphatic carbocycles. The minimum atomic E-state index is 0.955. The molecule has 0 spiro atoms. The number of thioether (sulfide) groups is 2. The number of nitrogens with one attached hydrogen (secondary N) is 1. The Kier molecular flexibility index (Phi) is 5.93. The van der Waals surface area contributed by atoms with E-state index in [1.807, 2.05) is 6.26 Å². The first-order valence-corrected chi connectivity index (χ1v) is 7.34. The molecule has 2 aliphatic heterocycles. The summed E-state index contributed by atoms with van der Waals surface area (Å²) in [7, 11) is 2.07. The molecule has 0 fully saturated rings. The van der Waals surface area contributed by atoms with Crippen molar-refractivity contribution >= 4 is 33.9 Å². The van der Waals surface area contributed by atoms with Gasteiger partial charge in [-0.3, -0.25) is 9.98 Å². The molecule has 0 saturated carbocycles. The average Bonchev–Trinajstić information content (AvgIpc) is 2.88. The van der Waals surface area contributed by atoms with Crippen molar-refractivity contribution in [3.8, 4) is 0 Å². The normalized spacial score (nSPS) is 19.0. The van der Waals surface area contributed by atoms with Gasteiger partial charge in [0.05, 0.1) is 13.1 Å². The SMILES string of the molecule is CSC1=NCCN1.CSC1=NCCN1C. The Morgan fingerprint density at radius 3 is 2.27 bits per heavy atom. The van der Waals surface area contributed by atoms with Crippen molar-refractivity contribution < 1.29 is 0 Å². The zero-order chi connectivity index (χ0) is 11.1. The first-order chi connectivity index (χ1) is 7.27. The van der Waals surface area contributed by atoms with E-state index in [1.165, 1.54) is 5.17 Å². The van der Waals surface area contributed by atoms with E-state index in [4.69, 9.17) is 0 Å². The number of amidine groups is 2. The monoisotopic (exact) mass is 246 g/mol. The minimum absolute atomic E-state index is 0.955. The van der Waals surface area contributed by atoms with Gasteiger partial charge in [-0.05, 0) is 12.5 Å². The van der Waals surface area contributed by atoms with E-state index in [-0.39, 0.29) is 0 Å². The highest BCUT2D eigenvalue weighted by Crippen LogP contribution is 2.07. The summed E-state index contributed by atoms with van der Waals surface area (Å²) < 4.78 is 0. The van der Waals surface area contributed by atoms with Crippen LogP contribution in [-0.2, 0) is 0 Å². The van der Waals surface area contributed by atoms with E-state index in [2.05, 4.69) is 33.5 Å². The zero-order valence-corrected chi connectivity index (χ0v) is 11.1. The maximum absolute atomic E-state index is 4.24. The molecule has 0 saturated heterocycles. The number of hydrogen-bond acceptors (Lipinski definition) is 6. The smallest absolute Gasteiger partial charge is 0.158 e. The second-order valence-electron chi connectivity index (χ2n) is 3.11. The summed E-state index contributed by atoms with van der Waals surface area (Å²) in [6.07, 6.45) is 4.08. The number of hydrogen-bond donors (Lipinski definition) is 1. The predicted octanol–water partition coefficient (Wildman–Crippen LogP) is 0.959. The molecular weight excluding hydrogens is 228 g/mol. The highest BCUT2D eigenvalue weighted by molar-refractivity contribution is 8.13. The van der Waals surface area contributed by atoms with Crippen molar-refractivity contribution in [3.63, 3.8) is 0 Å². The van der Waals surface area contributed by atoms with Crippen LogP contribution in [0.5, 0.6) is 0 Å². The van der Waals surface area contributed by atoms with Crippen LogP contribution in [0.4, 0.5) is 0 Å². The molecule has 0 aromatic rings. The molecular formula is C9H18N4S2. The molecule has 0 amide bonds. The molecule has 15 heavy (non-hydrogen) atoms. The first kappa shape index (κ1) is 12.7. The fraction of sp³-hybridized carbons (Fsp3) is 0.778. The van der Waals surface area contributed by atoms with Gasteiger partial charge in [-0.2, -0.15) is 0 Å². The van der Waals surface area contributed by atoms with Crippen molar-refractivity contribution in [2.45, 2.75) is 0 Å². The van der Waals surface area contributed by atoms with Crippen molar-refractivity contribution in [1.29, 1.82) is 0 Å². The Labute approximate surface area is 100.0 Å². The van der Waals surface area contributed by atoms with Crippen molar-refractivity contribution in [2.24, 2.45) is 9.98 Å². The number of nitrogens with zero attached hydrogens (tertiary/aromatic N) is 3. The van der Waals surface area contributed by atoms with Gasteiger partial charge in [-0.25, -0.2) is 0 Å². The van der Waals surface area contributed by atoms with Gasteiger partial charge < -0.3 is 10.2 Å². The third-order valence-electron chi connectivity index (χ3n) is 2.03. The Morgan fingerprint density at radius 1 is 1.20 bits per heavy atom. The molecule has 0 aromatic heterocycles. The van der Waals surface area contributed by atoms with Gasteiger partial charge in [0.1, 0.15) is 0 Å². The molecule has 0 atom stereocenters. The van der Waals surface area contributed by atoms with E-state index >= 15 is 0 Å². The Morgan fingerprint density at radius 2 is 2.00 bits per heavy atom. The minimum Gasteiger partial charge on any atom is -0.363 e. The lowest BCUT2D eigenvalue weighted by Crippen LogP contribution is -2.19. The van der Waals surface area contributed by atoms with Crippen molar-refractivity contribution in [3.05, 3.63) is 0 Å². The van der Waals surface area contributed by atoms with E-state index < -0.39 is 0 Å². The highest BCUT2D eigenvalue weighted by atomic mass is 32.2. The van der Waals surface area contributed by atoms with Crippen molar-refractivity contribution in [1.82, 2.24) is 10.2 Å². The molecule has 0 aromatic carbocycles. The summed E-state index contributed by atoms with van der Waals surface area (Å²) in [4.78, 5) is 10.5. The van der Waals surface area contributed by atoms with Gasteiger partial charge in [-0.1, -0.05) is 23.5 Å². The average molecular weight is 246 g/mol. The number of aliphatic imine (C=N–C) groups is 2. The Balaban J connectivity index is 0.000000151. The Bertz CT molecular complexity index is 252. The lowest BCUT2D eigenvalue weighted by molar-refractivity contribution is 0.564.